The highest BCUT2D eigenvalue weighted by Crippen LogP contribution is 2.30. The lowest BCUT2D eigenvalue weighted by Crippen LogP contribution is -2.07. The van der Waals surface area contributed by atoms with E-state index >= 15 is 0 Å². The van der Waals surface area contributed by atoms with Gasteiger partial charge in [0.25, 0.3) is 0 Å². The fraction of sp³-hybridized carbons (Fsp3) is 0.167. The molecule has 22 heavy (non-hydrogen) atoms. The SMILES string of the molecule is COc1cc2occ(-c3ccc(O)cc3)c(=O)c2c(C)c1C. The molecule has 1 aromatic heterocycles. The van der Waals surface area contributed by atoms with E-state index in [9.17, 15) is 9.90 Å². The molecule has 0 saturated heterocycles. The maximum atomic E-state index is 12.8. The summed E-state index contributed by atoms with van der Waals surface area (Å²) in [5, 5.41) is 9.93. The maximum Gasteiger partial charge on any atom is 0.200 e. The van der Waals surface area contributed by atoms with E-state index in [-0.39, 0.29) is 11.2 Å². The predicted molar refractivity (Wildman–Crippen MR) is 85.6 cm³/mol. The molecule has 0 radical (unpaired) electrons. The second kappa shape index (κ2) is 5.22. The monoisotopic (exact) mass is 296 g/mol. The quantitative estimate of drug-likeness (QED) is 0.781. The first kappa shape index (κ1) is 14.2. The molecule has 4 heteroatoms. The highest BCUT2D eigenvalue weighted by molar-refractivity contribution is 5.87. The maximum absolute atomic E-state index is 12.8. The van der Waals surface area contributed by atoms with E-state index in [1.165, 1.54) is 6.26 Å². The molecule has 3 rings (SSSR count). The Balaban J connectivity index is 2.32. The van der Waals surface area contributed by atoms with Gasteiger partial charge in [0.2, 0.25) is 5.43 Å². The van der Waals surface area contributed by atoms with Crippen LogP contribution in [0.5, 0.6) is 11.5 Å². The van der Waals surface area contributed by atoms with Crippen LogP contribution >= 0.6 is 0 Å². The number of aromatic hydroxyl groups is 1. The standard InChI is InChI=1S/C18H16O4/c1-10-11(2)17-16(8-15(10)21-3)22-9-14(18(17)20)12-4-6-13(19)7-5-12/h4-9,19H,1-3H3. The first-order valence-corrected chi connectivity index (χ1v) is 6.92. The minimum atomic E-state index is -0.0878. The summed E-state index contributed by atoms with van der Waals surface area (Å²) in [4.78, 5) is 12.8. The molecule has 1 heterocycles. The lowest BCUT2D eigenvalue weighted by atomic mass is 10.00. The van der Waals surface area contributed by atoms with Gasteiger partial charge in [-0.05, 0) is 42.7 Å². The zero-order valence-corrected chi connectivity index (χ0v) is 12.6. The molecule has 0 saturated carbocycles. The van der Waals surface area contributed by atoms with Crippen LogP contribution in [0.25, 0.3) is 22.1 Å². The Morgan fingerprint density at radius 1 is 1.09 bits per heavy atom. The van der Waals surface area contributed by atoms with Crippen LogP contribution in [0.4, 0.5) is 0 Å². The van der Waals surface area contributed by atoms with E-state index in [0.717, 1.165) is 11.1 Å². The molecule has 0 bridgehead atoms. The first-order valence-electron chi connectivity index (χ1n) is 6.92. The van der Waals surface area contributed by atoms with Crippen molar-refractivity contribution in [1.29, 1.82) is 0 Å². The Hall–Kier alpha value is -2.75. The number of hydrogen-bond acceptors (Lipinski definition) is 4. The lowest BCUT2D eigenvalue weighted by Gasteiger charge is -2.11. The van der Waals surface area contributed by atoms with E-state index in [2.05, 4.69) is 0 Å². The highest BCUT2D eigenvalue weighted by atomic mass is 16.5. The first-order chi connectivity index (χ1) is 10.5. The molecule has 1 N–H and O–H groups in total. The van der Waals surface area contributed by atoms with Crippen molar-refractivity contribution >= 4 is 11.0 Å². The van der Waals surface area contributed by atoms with Gasteiger partial charge in [0, 0.05) is 6.07 Å². The van der Waals surface area contributed by atoms with E-state index in [0.29, 0.717) is 27.8 Å². The van der Waals surface area contributed by atoms with E-state index < -0.39 is 0 Å². The van der Waals surface area contributed by atoms with Gasteiger partial charge in [0.05, 0.1) is 18.1 Å². The number of benzene rings is 2. The summed E-state index contributed by atoms with van der Waals surface area (Å²) in [5.74, 6) is 0.858. The molecule has 0 amide bonds. The van der Waals surface area contributed by atoms with Crippen LogP contribution < -0.4 is 10.2 Å². The Morgan fingerprint density at radius 3 is 2.41 bits per heavy atom. The number of fused-ring (bicyclic) bond motifs is 1. The van der Waals surface area contributed by atoms with E-state index in [4.69, 9.17) is 9.15 Å². The highest BCUT2D eigenvalue weighted by Gasteiger charge is 2.15. The van der Waals surface area contributed by atoms with E-state index in [1.54, 1.807) is 37.4 Å². The third-order valence-electron chi connectivity index (χ3n) is 3.99. The molecule has 0 aliphatic rings. The normalized spacial score (nSPS) is 10.9. The number of phenols is 1. The summed E-state index contributed by atoms with van der Waals surface area (Å²) in [6.45, 7) is 3.80. The van der Waals surface area contributed by atoms with Crippen LogP contribution in [0.2, 0.25) is 0 Å². The van der Waals surface area contributed by atoms with Gasteiger partial charge in [0.1, 0.15) is 23.3 Å². The van der Waals surface area contributed by atoms with Gasteiger partial charge in [-0.2, -0.15) is 0 Å². The van der Waals surface area contributed by atoms with Crippen LogP contribution in [-0.2, 0) is 0 Å². The van der Waals surface area contributed by atoms with Crippen molar-refractivity contribution in [3.05, 3.63) is 57.9 Å². The minimum Gasteiger partial charge on any atom is -0.508 e. The third kappa shape index (κ3) is 2.13. The van der Waals surface area contributed by atoms with Gasteiger partial charge < -0.3 is 14.3 Å². The number of rotatable bonds is 2. The smallest absolute Gasteiger partial charge is 0.200 e. The molecule has 4 nitrogen and oxygen atoms in total. The van der Waals surface area contributed by atoms with Gasteiger partial charge in [-0.1, -0.05) is 12.1 Å². The van der Waals surface area contributed by atoms with Gasteiger partial charge in [-0.3, -0.25) is 4.79 Å². The van der Waals surface area contributed by atoms with Crippen molar-refractivity contribution in [1.82, 2.24) is 0 Å². The Kier molecular flexibility index (Phi) is 3.37. The topological polar surface area (TPSA) is 59.7 Å². The molecular formula is C18H16O4. The molecular weight excluding hydrogens is 280 g/mol. The summed E-state index contributed by atoms with van der Waals surface area (Å²) < 4.78 is 11.0. The molecule has 112 valence electrons. The number of methoxy groups -OCH3 is 1. The van der Waals surface area contributed by atoms with Crippen molar-refractivity contribution in [3.63, 3.8) is 0 Å². The summed E-state index contributed by atoms with van der Waals surface area (Å²) >= 11 is 0. The molecule has 0 spiro atoms. The minimum absolute atomic E-state index is 0.0878. The third-order valence-corrected chi connectivity index (χ3v) is 3.99. The van der Waals surface area contributed by atoms with Crippen molar-refractivity contribution in [2.75, 3.05) is 7.11 Å². The number of aryl methyl sites for hydroxylation is 1. The molecule has 0 aliphatic heterocycles. The molecule has 3 aromatic rings. The summed E-state index contributed by atoms with van der Waals surface area (Å²) in [6, 6.07) is 8.22. The Labute approximate surface area is 127 Å². The van der Waals surface area contributed by atoms with E-state index in [1.807, 2.05) is 13.8 Å². The van der Waals surface area contributed by atoms with Crippen LogP contribution in [-0.4, -0.2) is 12.2 Å². The fourth-order valence-corrected chi connectivity index (χ4v) is 2.59. The second-order valence-electron chi connectivity index (χ2n) is 5.23. The zero-order valence-electron chi connectivity index (χ0n) is 12.6. The average Bonchev–Trinajstić information content (AvgIpc) is 2.52. The van der Waals surface area contributed by atoms with Gasteiger partial charge in [-0.25, -0.2) is 0 Å². The number of phenolic OH excluding ortho intramolecular Hbond substituents is 1. The van der Waals surface area contributed by atoms with Gasteiger partial charge >= 0.3 is 0 Å². The predicted octanol–water partition coefficient (Wildman–Crippen LogP) is 3.79. The Morgan fingerprint density at radius 2 is 1.77 bits per heavy atom. The summed E-state index contributed by atoms with van der Waals surface area (Å²) in [6.07, 6.45) is 1.45. The van der Waals surface area contributed by atoms with Crippen molar-refractivity contribution in [3.8, 4) is 22.6 Å². The van der Waals surface area contributed by atoms with Gasteiger partial charge in [-0.15, -0.1) is 0 Å². The largest absolute Gasteiger partial charge is 0.508 e. The Bertz CT molecular complexity index is 905. The molecule has 0 fully saturated rings. The van der Waals surface area contributed by atoms with Crippen LogP contribution in [0.3, 0.4) is 0 Å². The summed E-state index contributed by atoms with van der Waals surface area (Å²) in [7, 11) is 1.59. The average molecular weight is 296 g/mol. The second-order valence-corrected chi connectivity index (χ2v) is 5.23. The van der Waals surface area contributed by atoms with Crippen LogP contribution in [0.1, 0.15) is 11.1 Å². The molecule has 2 aromatic carbocycles. The zero-order chi connectivity index (χ0) is 15.9. The van der Waals surface area contributed by atoms with Crippen LogP contribution in [0, 0.1) is 13.8 Å². The fourth-order valence-electron chi connectivity index (χ4n) is 2.59. The van der Waals surface area contributed by atoms with Crippen molar-refractivity contribution in [2.45, 2.75) is 13.8 Å². The number of hydrogen-bond donors (Lipinski definition) is 1. The summed E-state index contributed by atoms with van der Waals surface area (Å²) in [5.41, 5.74) is 3.37. The van der Waals surface area contributed by atoms with Crippen molar-refractivity contribution in [2.24, 2.45) is 0 Å². The number of ether oxygens (including phenoxy) is 1. The molecule has 0 unspecified atom stereocenters. The van der Waals surface area contributed by atoms with Crippen LogP contribution in [0.15, 0.2) is 45.8 Å². The molecule has 0 atom stereocenters. The van der Waals surface area contributed by atoms with Gasteiger partial charge in [0.15, 0.2) is 0 Å². The lowest BCUT2D eigenvalue weighted by molar-refractivity contribution is 0.411. The molecule has 0 aliphatic carbocycles. The van der Waals surface area contributed by atoms with Crippen molar-refractivity contribution < 1.29 is 14.3 Å².